The number of ether oxygens (including phenoxy) is 1. The molecule has 0 aliphatic carbocycles. The number of aromatic nitrogens is 2. The predicted octanol–water partition coefficient (Wildman–Crippen LogP) is 2.91. The first-order chi connectivity index (χ1) is 14.5. The molecule has 0 unspecified atom stereocenters. The molecule has 0 N–H and O–H groups in total. The Morgan fingerprint density at radius 1 is 1.03 bits per heavy atom. The van der Waals surface area contributed by atoms with E-state index < -0.39 is 10.0 Å². The largest absolute Gasteiger partial charge is 0.497 e. The highest BCUT2D eigenvalue weighted by Crippen LogP contribution is 2.22. The van der Waals surface area contributed by atoms with Crippen molar-refractivity contribution in [1.82, 2.24) is 19.3 Å². The Hall–Kier alpha value is -2.46. The van der Waals surface area contributed by atoms with E-state index in [9.17, 15) is 8.42 Å². The van der Waals surface area contributed by atoms with Gasteiger partial charge in [0.2, 0.25) is 10.0 Å². The molecule has 10 heteroatoms. The number of sulfonamides is 1. The van der Waals surface area contributed by atoms with E-state index in [1.165, 1.54) is 4.31 Å². The first-order valence-corrected chi connectivity index (χ1v) is 11.2. The van der Waals surface area contributed by atoms with Gasteiger partial charge in [0, 0.05) is 36.8 Å². The molecule has 0 bridgehead atoms. The van der Waals surface area contributed by atoms with E-state index in [1.807, 2.05) is 12.1 Å². The van der Waals surface area contributed by atoms with Crippen LogP contribution >= 0.6 is 11.6 Å². The molecule has 0 spiro atoms. The number of hydrogen-bond donors (Lipinski definition) is 0. The zero-order chi connectivity index (χ0) is 21.1. The van der Waals surface area contributed by atoms with Crippen LogP contribution in [0, 0.1) is 0 Å². The maximum Gasteiger partial charge on any atom is 0.257 e. The molecule has 1 fully saturated rings. The Kier molecular flexibility index (Phi) is 6.05. The Balaban J connectivity index is 1.36. The minimum absolute atomic E-state index is 0.266. The molecule has 1 aliphatic heterocycles. The molecular weight excluding hydrogens is 428 g/mol. The molecule has 3 aromatic rings. The lowest BCUT2D eigenvalue weighted by Crippen LogP contribution is -2.48. The highest BCUT2D eigenvalue weighted by atomic mass is 35.5. The summed E-state index contributed by atoms with van der Waals surface area (Å²) in [5, 5.41) is 4.68. The third-order valence-electron chi connectivity index (χ3n) is 4.95. The number of halogens is 1. The van der Waals surface area contributed by atoms with E-state index in [1.54, 1.807) is 43.5 Å². The predicted molar refractivity (Wildman–Crippen MR) is 112 cm³/mol. The van der Waals surface area contributed by atoms with E-state index in [4.69, 9.17) is 20.9 Å². The second kappa shape index (κ2) is 8.73. The molecule has 2 aromatic carbocycles. The van der Waals surface area contributed by atoms with Gasteiger partial charge in [0.15, 0.2) is 5.82 Å². The second-order valence-electron chi connectivity index (χ2n) is 6.88. The average Bonchev–Trinajstić information content (AvgIpc) is 3.23. The zero-order valence-corrected chi connectivity index (χ0v) is 17.9. The van der Waals surface area contributed by atoms with Crippen molar-refractivity contribution in [3.8, 4) is 17.2 Å². The Morgan fingerprint density at radius 2 is 1.70 bits per heavy atom. The van der Waals surface area contributed by atoms with E-state index in [0.29, 0.717) is 55.2 Å². The van der Waals surface area contributed by atoms with Gasteiger partial charge >= 0.3 is 0 Å². The van der Waals surface area contributed by atoms with E-state index >= 15 is 0 Å². The summed E-state index contributed by atoms with van der Waals surface area (Å²) in [5.74, 6) is 1.62. The van der Waals surface area contributed by atoms with Crippen molar-refractivity contribution < 1.29 is 17.7 Å². The second-order valence-corrected chi connectivity index (χ2v) is 9.25. The summed E-state index contributed by atoms with van der Waals surface area (Å²) in [6, 6.07) is 13.6. The van der Waals surface area contributed by atoms with Gasteiger partial charge in [-0.15, -0.1) is 0 Å². The maximum absolute atomic E-state index is 12.9. The van der Waals surface area contributed by atoms with Crippen LogP contribution in [0.15, 0.2) is 57.9 Å². The molecule has 158 valence electrons. The lowest BCUT2D eigenvalue weighted by Gasteiger charge is -2.33. The van der Waals surface area contributed by atoms with Crippen LogP contribution in [-0.2, 0) is 16.6 Å². The van der Waals surface area contributed by atoms with Gasteiger partial charge in [-0.25, -0.2) is 8.42 Å². The van der Waals surface area contributed by atoms with Crippen LogP contribution in [0.4, 0.5) is 0 Å². The molecular formula is C20H21ClN4O4S. The Morgan fingerprint density at radius 3 is 2.33 bits per heavy atom. The zero-order valence-electron chi connectivity index (χ0n) is 16.4. The first-order valence-electron chi connectivity index (χ1n) is 9.41. The highest BCUT2D eigenvalue weighted by molar-refractivity contribution is 7.89. The average molecular weight is 449 g/mol. The van der Waals surface area contributed by atoms with Crippen molar-refractivity contribution >= 4 is 21.6 Å². The summed E-state index contributed by atoms with van der Waals surface area (Å²) in [4.78, 5) is 6.80. The number of rotatable bonds is 6. The topological polar surface area (TPSA) is 88.8 Å². The van der Waals surface area contributed by atoms with Crippen molar-refractivity contribution in [2.75, 3.05) is 33.3 Å². The number of piperazine rings is 1. The molecule has 2 heterocycles. The molecule has 1 aromatic heterocycles. The van der Waals surface area contributed by atoms with Gasteiger partial charge in [-0.1, -0.05) is 16.8 Å². The molecule has 30 heavy (non-hydrogen) atoms. The van der Waals surface area contributed by atoms with Crippen LogP contribution in [0.25, 0.3) is 11.5 Å². The van der Waals surface area contributed by atoms with E-state index in [2.05, 4.69) is 15.0 Å². The van der Waals surface area contributed by atoms with Crippen molar-refractivity contribution in [3.05, 3.63) is 59.4 Å². The van der Waals surface area contributed by atoms with Crippen molar-refractivity contribution in [2.45, 2.75) is 11.4 Å². The monoisotopic (exact) mass is 448 g/mol. The number of nitrogens with zero attached hydrogens (tertiary/aromatic N) is 4. The van der Waals surface area contributed by atoms with Gasteiger partial charge in [-0.05, 0) is 48.5 Å². The minimum Gasteiger partial charge on any atom is -0.497 e. The molecule has 4 rings (SSSR count). The third-order valence-corrected chi connectivity index (χ3v) is 7.12. The molecule has 0 atom stereocenters. The normalized spacial score (nSPS) is 15.9. The van der Waals surface area contributed by atoms with Crippen LogP contribution in [0.1, 0.15) is 5.82 Å². The van der Waals surface area contributed by atoms with Crippen LogP contribution in [-0.4, -0.2) is 61.1 Å². The number of benzene rings is 2. The van der Waals surface area contributed by atoms with Crippen molar-refractivity contribution in [3.63, 3.8) is 0 Å². The molecule has 0 amide bonds. The summed E-state index contributed by atoms with van der Waals surface area (Å²) < 4.78 is 37.6. The van der Waals surface area contributed by atoms with Gasteiger partial charge < -0.3 is 9.26 Å². The summed E-state index contributed by atoms with van der Waals surface area (Å²) in [7, 11) is -1.98. The number of methoxy groups -OCH3 is 1. The fourth-order valence-electron chi connectivity index (χ4n) is 3.25. The van der Waals surface area contributed by atoms with Crippen LogP contribution in [0.5, 0.6) is 5.75 Å². The smallest absolute Gasteiger partial charge is 0.257 e. The van der Waals surface area contributed by atoms with Gasteiger partial charge in [0.05, 0.1) is 18.6 Å². The minimum atomic E-state index is -3.53. The number of hydrogen-bond acceptors (Lipinski definition) is 7. The quantitative estimate of drug-likeness (QED) is 0.572. The third kappa shape index (κ3) is 4.49. The molecule has 0 saturated carbocycles. The lowest BCUT2D eigenvalue weighted by atomic mass is 10.2. The highest BCUT2D eigenvalue weighted by Gasteiger charge is 2.29. The summed E-state index contributed by atoms with van der Waals surface area (Å²) in [6.07, 6.45) is 0. The Labute approximate surface area is 180 Å². The fourth-order valence-corrected chi connectivity index (χ4v) is 4.80. The summed E-state index contributed by atoms with van der Waals surface area (Å²) in [5.41, 5.74) is 0.800. The van der Waals surface area contributed by atoms with Crippen LogP contribution in [0.2, 0.25) is 5.02 Å². The molecule has 8 nitrogen and oxygen atoms in total. The van der Waals surface area contributed by atoms with Crippen molar-refractivity contribution in [1.29, 1.82) is 0 Å². The standard InChI is InChI=1S/C20H21ClN4O4S/c1-28-17-6-8-18(9-7-17)30(26,27)25-12-10-24(11-13-25)14-19-22-20(29-23-19)15-2-4-16(21)5-3-15/h2-9H,10-14H2,1H3. The molecule has 1 saturated heterocycles. The van der Waals surface area contributed by atoms with Gasteiger partial charge in [0.1, 0.15) is 5.75 Å². The molecule has 1 aliphatic rings. The first kappa shape index (κ1) is 20.8. The van der Waals surface area contributed by atoms with Crippen molar-refractivity contribution in [2.24, 2.45) is 0 Å². The summed E-state index contributed by atoms with van der Waals surface area (Å²) in [6.45, 7) is 2.46. The van der Waals surface area contributed by atoms with Gasteiger partial charge in [-0.2, -0.15) is 9.29 Å². The lowest BCUT2D eigenvalue weighted by molar-refractivity contribution is 0.176. The van der Waals surface area contributed by atoms with Gasteiger partial charge in [0.25, 0.3) is 5.89 Å². The maximum atomic E-state index is 12.9. The van der Waals surface area contributed by atoms with E-state index in [0.717, 1.165) is 5.56 Å². The molecule has 0 radical (unpaired) electrons. The SMILES string of the molecule is COc1ccc(S(=O)(=O)N2CCN(Cc3noc(-c4ccc(Cl)cc4)n3)CC2)cc1. The van der Waals surface area contributed by atoms with Crippen LogP contribution < -0.4 is 4.74 Å². The summed E-state index contributed by atoms with van der Waals surface area (Å²) >= 11 is 5.90. The van der Waals surface area contributed by atoms with Crippen LogP contribution in [0.3, 0.4) is 0 Å². The van der Waals surface area contributed by atoms with E-state index in [-0.39, 0.29) is 4.90 Å². The Bertz CT molecular complexity index is 1090. The van der Waals surface area contributed by atoms with Gasteiger partial charge in [-0.3, -0.25) is 4.90 Å². The fraction of sp³-hybridized carbons (Fsp3) is 0.300.